The molecule has 0 amide bonds. The average Bonchev–Trinajstić information content (AvgIpc) is 2.55. The summed E-state index contributed by atoms with van der Waals surface area (Å²) in [6.45, 7) is 3.08. The molecular formula is C15H19N5O. The van der Waals surface area contributed by atoms with Gasteiger partial charge >= 0.3 is 0 Å². The molecule has 2 heterocycles. The Bertz CT molecular complexity index is 631. The third-order valence-electron chi connectivity index (χ3n) is 3.71. The zero-order valence-corrected chi connectivity index (χ0v) is 12.3. The Labute approximate surface area is 124 Å². The maximum Gasteiger partial charge on any atom is 0.216 e. The lowest BCUT2D eigenvalue weighted by Gasteiger charge is -2.25. The molecule has 6 heteroatoms. The van der Waals surface area contributed by atoms with Crippen LogP contribution in [0.15, 0.2) is 18.6 Å². The van der Waals surface area contributed by atoms with Crippen molar-refractivity contribution < 1.29 is 4.74 Å². The molecule has 3 rings (SSSR count). The second-order valence-corrected chi connectivity index (χ2v) is 5.04. The van der Waals surface area contributed by atoms with E-state index in [2.05, 4.69) is 27.2 Å². The first kappa shape index (κ1) is 13.9. The third-order valence-corrected chi connectivity index (χ3v) is 3.71. The minimum atomic E-state index is 0.368. The van der Waals surface area contributed by atoms with E-state index in [9.17, 15) is 0 Å². The molecule has 1 atom stereocenters. The van der Waals surface area contributed by atoms with Crippen LogP contribution in [0.4, 0.5) is 0 Å². The van der Waals surface area contributed by atoms with Crippen LogP contribution in [0.25, 0.3) is 11.5 Å². The normalized spacial score (nSPS) is 17.3. The Kier molecular flexibility index (Phi) is 4.06. The fourth-order valence-electron chi connectivity index (χ4n) is 2.70. The van der Waals surface area contributed by atoms with E-state index in [0.717, 1.165) is 31.5 Å². The summed E-state index contributed by atoms with van der Waals surface area (Å²) in [7, 11) is 1.58. The number of methoxy groups -OCH3 is 1. The molecule has 0 saturated heterocycles. The van der Waals surface area contributed by atoms with Crippen molar-refractivity contribution in [3.05, 3.63) is 29.8 Å². The van der Waals surface area contributed by atoms with Gasteiger partial charge in [-0.15, -0.1) is 0 Å². The monoisotopic (exact) mass is 285 g/mol. The molecule has 1 unspecified atom stereocenters. The summed E-state index contributed by atoms with van der Waals surface area (Å²) in [5.41, 5.74) is 3.03. The summed E-state index contributed by atoms with van der Waals surface area (Å²) < 4.78 is 5.12. The number of nitrogens with one attached hydrogen (secondary N) is 1. The van der Waals surface area contributed by atoms with Gasteiger partial charge in [-0.1, -0.05) is 6.92 Å². The molecule has 0 aromatic carbocycles. The van der Waals surface area contributed by atoms with Crippen molar-refractivity contribution in [1.29, 1.82) is 0 Å². The smallest absolute Gasteiger partial charge is 0.216 e. The van der Waals surface area contributed by atoms with Gasteiger partial charge in [-0.2, -0.15) is 0 Å². The summed E-state index contributed by atoms with van der Waals surface area (Å²) in [5, 5.41) is 3.49. The summed E-state index contributed by atoms with van der Waals surface area (Å²) in [6, 6.07) is 2.12. The van der Waals surface area contributed by atoms with Gasteiger partial charge in [0.1, 0.15) is 12.0 Å². The Morgan fingerprint density at radius 1 is 1.33 bits per heavy atom. The SMILES string of the molecule is CCNC1CCCc2nc(-c3cc(OC)ncn3)ncc21. The number of aromatic nitrogens is 4. The second-order valence-electron chi connectivity index (χ2n) is 5.04. The van der Waals surface area contributed by atoms with Gasteiger partial charge in [0.15, 0.2) is 5.82 Å². The molecule has 0 spiro atoms. The second kappa shape index (κ2) is 6.13. The third kappa shape index (κ3) is 2.85. The molecule has 0 radical (unpaired) electrons. The average molecular weight is 285 g/mol. The van der Waals surface area contributed by atoms with Gasteiger partial charge in [-0.25, -0.2) is 19.9 Å². The highest BCUT2D eigenvalue weighted by molar-refractivity contribution is 5.51. The van der Waals surface area contributed by atoms with E-state index in [1.54, 1.807) is 13.2 Å². The van der Waals surface area contributed by atoms with Crippen LogP contribution in [0.1, 0.15) is 37.1 Å². The van der Waals surface area contributed by atoms with Gasteiger partial charge in [0.25, 0.3) is 0 Å². The fourth-order valence-corrected chi connectivity index (χ4v) is 2.70. The predicted molar refractivity (Wildman–Crippen MR) is 79.0 cm³/mol. The minimum Gasteiger partial charge on any atom is -0.481 e. The van der Waals surface area contributed by atoms with Crippen molar-refractivity contribution >= 4 is 0 Å². The van der Waals surface area contributed by atoms with Crippen LogP contribution in [0.2, 0.25) is 0 Å². The van der Waals surface area contributed by atoms with Crippen LogP contribution in [0.5, 0.6) is 5.88 Å². The quantitative estimate of drug-likeness (QED) is 0.925. The van der Waals surface area contributed by atoms with E-state index in [1.807, 2.05) is 6.20 Å². The Balaban J connectivity index is 1.95. The first-order valence-electron chi connectivity index (χ1n) is 7.27. The van der Waals surface area contributed by atoms with Crippen molar-refractivity contribution in [2.45, 2.75) is 32.2 Å². The van der Waals surface area contributed by atoms with Crippen LogP contribution in [-0.4, -0.2) is 33.6 Å². The molecule has 0 fully saturated rings. The molecule has 21 heavy (non-hydrogen) atoms. The van der Waals surface area contributed by atoms with Gasteiger partial charge in [0.05, 0.1) is 7.11 Å². The van der Waals surface area contributed by atoms with E-state index in [1.165, 1.54) is 11.9 Å². The number of fused-ring (bicyclic) bond motifs is 1. The summed E-state index contributed by atoms with van der Waals surface area (Å²) in [6.07, 6.45) is 6.69. The minimum absolute atomic E-state index is 0.368. The van der Waals surface area contributed by atoms with E-state index < -0.39 is 0 Å². The van der Waals surface area contributed by atoms with E-state index in [4.69, 9.17) is 9.72 Å². The standard InChI is InChI=1S/C15H19N5O/c1-3-16-11-5-4-6-12-10(11)8-17-15(20-12)13-7-14(21-2)19-9-18-13/h7-9,11,16H,3-6H2,1-2H3. The largest absolute Gasteiger partial charge is 0.481 e. The highest BCUT2D eigenvalue weighted by Crippen LogP contribution is 2.29. The van der Waals surface area contributed by atoms with Crippen LogP contribution >= 0.6 is 0 Å². The lowest BCUT2D eigenvalue weighted by atomic mass is 9.92. The van der Waals surface area contributed by atoms with Crippen LogP contribution in [0.3, 0.4) is 0 Å². The highest BCUT2D eigenvalue weighted by Gasteiger charge is 2.21. The van der Waals surface area contributed by atoms with E-state index in [-0.39, 0.29) is 0 Å². The summed E-state index contributed by atoms with van der Waals surface area (Å²) in [4.78, 5) is 17.4. The maximum absolute atomic E-state index is 5.12. The Morgan fingerprint density at radius 2 is 2.24 bits per heavy atom. The lowest BCUT2D eigenvalue weighted by Crippen LogP contribution is -2.26. The van der Waals surface area contributed by atoms with E-state index >= 15 is 0 Å². The molecule has 6 nitrogen and oxygen atoms in total. The van der Waals surface area contributed by atoms with E-state index in [0.29, 0.717) is 23.4 Å². The number of hydrogen-bond donors (Lipinski definition) is 1. The number of nitrogens with zero attached hydrogens (tertiary/aromatic N) is 4. The molecule has 1 N–H and O–H groups in total. The molecule has 0 bridgehead atoms. The number of ether oxygens (including phenoxy) is 1. The molecule has 1 aliphatic carbocycles. The van der Waals surface area contributed by atoms with Gasteiger partial charge in [0.2, 0.25) is 5.88 Å². The van der Waals surface area contributed by atoms with Crippen molar-refractivity contribution in [2.75, 3.05) is 13.7 Å². The maximum atomic E-state index is 5.12. The topological polar surface area (TPSA) is 72.8 Å². The van der Waals surface area contributed by atoms with Gasteiger partial charge in [-0.3, -0.25) is 0 Å². The Morgan fingerprint density at radius 3 is 3.05 bits per heavy atom. The first-order chi connectivity index (χ1) is 10.3. The van der Waals surface area contributed by atoms with Crippen LogP contribution in [0, 0.1) is 0 Å². The molecule has 0 saturated carbocycles. The zero-order valence-electron chi connectivity index (χ0n) is 12.3. The molecule has 110 valence electrons. The molecule has 0 aliphatic heterocycles. The first-order valence-corrected chi connectivity index (χ1v) is 7.27. The zero-order chi connectivity index (χ0) is 14.7. The van der Waals surface area contributed by atoms with Gasteiger partial charge < -0.3 is 10.1 Å². The summed E-state index contributed by atoms with van der Waals surface area (Å²) in [5.74, 6) is 1.15. The molecule has 1 aliphatic rings. The summed E-state index contributed by atoms with van der Waals surface area (Å²) >= 11 is 0. The number of rotatable bonds is 4. The molecular weight excluding hydrogens is 266 g/mol. The van der Waals surface area contributed by atoms with Crippen molar-refractivity contribution in [2.24, 2.45) is 0 Å². The van der Waals surface area contributed by atoms with Gasteiger partial charge in [0, 0.05) is 29.6 Å². The van der Waals surface area contributed by atoms with Crippen molar-refractivity contribution in [3.63, 3.8) is 0 Å². The lowest BCUT2D eigenvalue weighted by molar-refractivity contribution is 0.397. The molecule has 2 aromatic rings. The highest BCUT2D eigenvalue weighted by atomic mass is 16.5. The Hall–Kier alpha value is -2.08. The van der Waals surface area contributed by atoms with Crippen molar-refractivity contribution in [3.8, 4) is 17.4 Å². The van der Waals surface area contributed by atoms with Crippen LogP contribution < -0.4 is 10.1 Å². The number of aryl methyl sites for hydroxylation is 1. The molecule has 2 aromatic heterocycles. The predicted octanol–water partition coefficient (Wildman–Crippen LogP) is 1.93. The van der Waals surface area contributed by atoms with Crippen LogP contribution in [-0.2, 0) is 6.42 Å². The van der Waals surface area contributed by atoms with Crippen molar-refractivity contribution in [1.82, 2.24) is 25.3 Å². The van der Waals surface area contributed by atoms with Gasteiger partial charge in [-0.05, 0) is 25.8 Å². The fraction of sp³-hybridized carbons (Fsp3) is 0.467. The number of hydrogen-bond acceptors (Lipinski definition) is 6.